The molecule has 1 saturated carbocycles. The van der Waals surface area contributed by atoms with Crippen LogP contribution in [0.25, 0.3) is 5.70 Å². The van der Waals surface area contributed by atoms with Crippen molar-refractivity contribution < 1.29 is 26.9 Å². The van der Waals surface area contributed by atoms with Crippen LogP contribution in [0.4, 0.5) is 29.1 Å². The van der Waals surface area contributed by atoms with E-state index in [-0.39, 0.29) is 42.4 Å². The molecule has 0 aliphatic heterocycles. The minimum atomic E-state index is -4.69. The average molecular weight is 518 g/mol. The zero-order chi connectivity index (χ0) is 26.6. The number of alkyl halides is 3. The highest BCUT2D eigenvalue weighted by molar-refractivity contribution is 6.08. The van der Waals surface area contributed by atoms with E-state index in [1.54, 1.807) is 18.2 Å². The number of rotatable bonds is 9. The lowest BCUT2D eigenvalue weighted by atomic mass is 9.67. The second-order valence-electron chi connectivity index (χ2n) is 8.37. The zero-order valence-electron chi connectivity index (χ0n) is 19.3. The fourth-order valence-electron chi connectivity index (χ4n) is 3.75. The molecule has 5 N–H and O–H groups in total. The second-order valence-corrected chi connectivity index (χ2v) is 8.37. The number of hydrogen-bond acceptors (Lipinski definition) is 9. The molecular weight excluding hydrogens is 496 g/mol. The molecule has 0 spiro atoms. The third kappa shape index (κ3) is 5.42. The Morgan fingerprint density at radius 1 is 1.27 bits per heavy atom. The SMILES string of the molecule is N=C(/C=C(\NCCc1cccnc1F)c1ccon1)c1ncc(NC(=O)C2(C(F)(F)F)CCC2)c(N)n1. The third-order valence-corrected chi connectivity index (χ3v) is 6.04. The molecule has 3 aromatic heterocycles. The lowest BCUT2D eigenvalue weighted by molar-refractivity contribution is -0.240. The molecule has 3 aromatic rings. The number of amides is 1. The minimum absolute atomic E-state index is 0.147. The van der Waals surface area contributed by atoms with Crippen molar-refractivity contribution in [1.82, 2.24) is 25.4 Å². The van der Waals surface area contributed by atoms with Crippen LogP contribution >= 0.6 is 0 Å². The van der Waals surface area contributed by atoms with E-state index in [9.17, 15) is 22.4 Å². The van der Waals surface area contributed by atoms with Crippen molar-refractivity contribution in [1.29, 1.82) is 5.41 Å². The molecule has 14 heteroatoms. The molecule has 10 nitrogen and oxygen atoms in total. The first-order chi connectivity index (χ1) is 17.6. The van der Waals surface area contributed by atoms with Crippen LogP contribution in [-0.4, -0.2) is 44.4 Å². The third-order valence-electron chi connectivity index (χ3n) is 6.04. The summed E-state index contributed by atoms with van der Waals surface area (Å²) in [5, 5.41) is 17.4. The van der Waals surface area contributed by atoms with Gasteiger partial charge in [0.05, 0.1) is 11.9 Å². The Morgan fingerprint density at radius 2 is 2.05 bits per heavy atom. The molecule has 1 aliphatic carbocycles. The van der Waals surface area contributed by atoms with Gasteiger partial charge in [0.1, 0.15) is 28.8 Å². The van der Waals surface area contributed by atoms with Gasteiger partial charge in [0, 0.05) is 24.4 Å². The van der Waals surface area contributed by atoms with Gasteiger partial charge in [0.25, 0.3) is 0 Å². The number of nitrogen functional groups attached to an aromatic ring is 1. The number of nitrogens with two attached hydrogens (primary N) is 1. The highest BCUT2D eigenvalue weighted by Crippen LogP contribution is 2.53. The van der Waals surface area contributed by atoms with Gasteiger partial charge in [-0.2, -0.15) is 17.6 Å². The number of nitrogens with zero attached hydrogens (tertiary/aromatic N) is 4. The molecule has 0 bridgehead atoms. The molecule has 1 aliphatic rings. The molecule has 3 heterocycles. The van der Waals surface area contributed by atoms with Crippen LogP contribution < -0.4 is 16.4 Å². The number of halogens is 4. The summed E-state index contributed by atoms with van der Waals surface area (Å²) >= 11 is 0. The van der Waals surface area contributed by atoms with E-state index in [1.807, 2.05) is 0 Å². The number of carbonyl (C=O) groups is 1. The van der Waals surface area contributed by atoms with Crippen molar-refractivity contribution in [2.75, 3.05) is 17.6 Å². The summed E-state index contributed by atoms with van der Waals surface area (Å²) < 4.78 is 58.9. The maximum atomic E-state index is 13.8. The molecule has 37 heavy (non-hydrogen) atoms. The summed E-state index contributed by atoms with van der Waals surface area (Å²) in [4.78, 5) is 23.9. The Hall–Kier alpha value is -4.36. The number of anilines is 2. The van der Waals surface area contributed by atoms with E-state index in [0.717, 1.165) is 6.20 Å². The number of allylic oxidation sites excluding steroid dienone is 1. The lowest BCUT2D eigenvalue weighted by Crippen LogP contribution is -2.52. The lowest BCUT2D eigenvalue weighted by Gasteiger charge is -2.41. The van der Waals surface area contributed by atoms with Gasteiger partial charge in [0.2, 0.25) is 11.9 Å². The van der Waals surface area contributed by atoms with Crippen LogP contribution in [0.15, 0.2) is 47.5 Å². The predicted molar refractivity (Wildman–Crippen MR) is 125 cm³/mol. The van der Waals surface area contributed by atoms with Crippen LogP contribution in [0.5, 0.6) is 0 Å². The molecule has 0 radical (unpaired) electrons. The van der Waals surface area contributed by atoms with Gasteiger partial charge >= 0.3 is 6.18 Å². The Balaban J connectivity index is 1.48. The number of carbonyl (C=O) groups excluding carboxylic acids is 1. The second kappa shape index (κ2) is 10.3. The normalized spacial score (nSPS) is 15.1. The molecular formula is C23H22F4N8O2. The maximum Gasteiger partial charge on any atom is 0.403 e. The van der Waals surface area contributed by atoms with Crippen molar-refractivity contribution in [2.24, 2.45) is 5.41 Å². The van der Waals surface area contributed by atoms with Crippen LogP contribution in [0.3, 0.4) is 0 Å². The predicted octanol–water partition coefficient (Wildman–Crippen LogP) is 3.49. The highest BCUT2D eigenvalue weighted by atomic mass is 19.4. The molecule has 0 aromatic carbocycles. The first kappa shape index (κ1) is 25.7. The van der Waals surface area contributed by atoms with Crippen molar-refractivity contribution in [3.63, 3.8) is 0 Å². The van der Waals surface area contributed by atoms with Gasteiger partial charge < -0.3 is 20.9 Å². The van der Waals surface area contributed by atoms with E-state index < -0.39 is 23.4 Å². The van der Waals surface area contributed by atoms with E-state index in [2.05, 4.69) is 30.7 Å². The maximum absolute atomic E-state index is 13.8. The molecule has 194 valence electrons. The molecule has 1 fully saturated rings. The van der Waals surface area contributed by atoms with E-state index in [4.69, 9.17) is 15.7 Å². The standard InChI is InChI=1S/C23H22F4N8O2/c24-18-13(3-1-8-31-18)4-9-30-16(15-5-10-37-35-15)11-14(28)20-32-12-17(19(29)34-20)33-21(36)22(6-2-7-22)23(25,26)27/h1,3,5,8,10-12,28,30H,2,4,6-7,9H2,(H,33,36)(H2,29,32,34)/b16-11-,28-14?. The Morgan fingerprint density at radius 3 is 2.65 bits per heavy atom. The van der Waals surface area contributed by atoms with Crippen molar-refractivity contribution in [2.45, 2.75) is 31.9 Å². The molecule has 0 unspecified atom stereocenters. The largest absolute Gasteiger partial charge is 0.403 e. The van der Waals surface area contributed by atoms with Crippen LogP contribution in [0.2, 0.25) is 0 Å². The fourth-order valence-corrected chi connectivity index (χ4v) is 3.75. The summed E-state index contributed by atoms with van der Waals surface area (Å²) in [6.45, 7) is 0.267. The Kier molecular flexibility index (Phi) is 7.18. The summed E-state index contributed by atoms with van der Waals surface area (Å²) in [6, 6.07) is 4.76. The Labute approximate surface area is 207 Å². The van der Waals surface area contributed by atoms with Gasteiger partial charge in [-0.05, 0) is 31.4 Å². The van der Waals surface area contributed by atoms with Gasteiger partial charge in [-0.1, -0.05) is 17.6 Å². The topological polar surface area (TPSA) is 156 Å². The Bertz CT molecular complexity index is 1320. The quantitative estimate of drug-likeness (QED) is 0.191. The van der Waals surface area contributed by atoms with Gasteiger partial charge in [-0.25, -0.2) is 15.0 Å². The van der Waals surface area contributed by atoms with Gasteiger partial charge in [-0.3, -0.25) is 10.2 Å². The molecule has 0 saturated heterocycles. The fraction of sp³-hybridized carbons (Fsp3) is 0.304. The molecule has 4 rings (SSSR count). The first-order valence-electron chi connectivity index (χ1n) is 11.2. The zero-order valence-corrected chi connectivity index (χ0v) is 19.3. The monoisotopic (exact) mass is 518 g/mol. The molecule has 0 atom stereocenters. The van der Waals surface area contributed by atoms with E-state index in [0.29, 0.717) is 29.8 Å². The highest BCUT2D eigenvalue weighted by Gasteiger charge is 2.63. The van der Waals surface area contributed by atoms with Crippen LogP contribution in [0, 0.1) is 16.8 Å². The first-order valence-corrected chi connectivity index (χ1v) is 11.2. The van der Waals surface area contributed by atoms with Crippen molar-refractivity contribution in [3.05, 3.63) is 66.0 Å². The number of aromatic nitrogens is 4. The summed E-state index contributed by atoms with van der Waals surface area (Å²) in [5.74, 6) is -2.24. The average Bonchev–Trinajstić information content (AvgIpc) is 3.34. The smallest absolute Gasteiger partial charge is 0.383 e. The van der Waals surface area contributed by atoms with Crippen LogP contribution in [0.1, 0.15) is 36.3 Å². The number of hydrogen-bond donors (Lipinski definition) is 4. The van der Waals surface area contributed by atoms with Crippen molar-refractivity contribution in [3.8, 4) is 0 Å². The van der Waals surface area contributed by atoms with Gasteiger partial charge in [-0.15, -0.1) is 0 Å². The minimum Gasteiger partial charge on any atom is -0.383 e. The van der Waals surface area contributed by atoms with Gasteiger partial charge in [0.15, 0.2) is 11.6 Å². The van der Waals surface area contributed by atoms with Crippen LogP contribution in [-0.2, 0) is 11.2 Å². The number of pyridine rings is 1. The summed E-state index contributed by atoms with van der Waals surface area (Å²) in [7, 11) is 0. The molecule has 1 amide bonds. The van der Waals surface area contributed by atoms with E-state index >= 15 is 0 Å². The summed E-state index contributed by atoms with van der Waals surface area (Å²) in [6.07, 6.45) is 0.358. The van der Waals surface area contributed by atoms with E-state index in [1.165, 1.54) is 18.5 Å². The van der Waals surface area contributed by atoms with Crippen molar-refractivity contribution >= 4 is 28.8 Å². The number of nitrogens with one attached hydrogen (secondary N) is 3. The summed E-state index contributed by atoms with van der Waals surface area (Å²) in [5.41, 5.74) is 4.10.